The van der Waals surface area contributed by atoms with Gasteiger partial charge in [0.05, 0.1) is 12.2 Å². The average Bonchev–Trinajstić information content (AvgIpc) is 3.06. The van der Waals surface area contributed by atoms with Gasteiger partial charge in [0.15, 0.2) is 0 Å². The average molecular weight is 259 g/mol. The zero-order valence-corrected chi connectivity index (χ0v) is 11.4. The number of rotatable bonds is 4. The van der Waals surface area contributed by atoms with E-state index in [1.165, 1.54) is 32.1 Å². The third-order valence-corrected chi connectivity index (χ3v) is 3.83. The highest BCUT2D eigenvalue weighted by atomic mass is 15.3. The van der Waals surface area contributed by atoms with E-state index in [1.807, 2.05) is 30.2 Å². The third-order valence-electron chi connectivity index (χ3n) is 3.83. The maximum Gasteiger partial charge on any atom is 0.203 e. The van der Waals surface area contributed by atoms with Gasteiger partial charge < -0.3 is 9.88 Å². The lowest BCUT2D eigenvalue weighted by Crippen LogP contribution is -2.15. The molecule has 2 heterocycles. The Bertz CT molecular complexity index is 521. The largest absolute Gasteiger partial charge is 0.350 e. The summed E-state index contributed by atoms with van der Waals surface area (Å²) < 4.78 is 4.12. The summed E-state index contributed by atoms with van der Waals surface area (Å²) in [7, 11) is 1.94. The Hall–Kier alpha value is -1.78. The molecule has 5 nitrogen and oxygen atoms in total. The highest BCUT2D eigenvalue weighted by molar-refractivity contribution is 5.27. The Kier molecular flexibility index (Phi) is 3.53. The lowest BCUT2D eigenvalue weighted by Gasteiger charge is -2.24. The molecule has 5 heteroatoms. The molecule has 3 rings (SSSR count). The van der Waals surface area contributed by atoms with Gasteiger partial charge in [-0.15, -0.1) is 0 Å². The minimum absolute atomic E-state index is 0.613. The quantitative estimate of drug-likeness (QED) is 0.918. The zero-order chi connectivity index (χ0) is 13.1. The minimum atomic E-state index is 0.613. The number of nitrogens with one attached hydrogen (secondary N) is 1. The van der Waals surface area contributed by atoms with Crippen LogP contribution in [0.1, 0.15) is 43.8 Å². The van der Waals surface area contributed by atoms with Crippen molar-refractivity contribution in [2.45, 2.75) is 44.7 Å². The summed E-state index contributed by atoms with van der Waals surface area (Å²) in [6.45, 7) is 0.727. The van der Waals surface area contributed by atoms with Crippen LogP contribution < -0.4 is 5.32 Å². The molecular formula is C14H21N5. The standard InChI is InChI=1S/C14H21N5/c1-18-9-7-12(17-18)11-16-14-15-8-10-19(14)13-5-3-2-4-6-13/h7-10,13H,2-6,11H2,1H3,(H,15,16). The number of hydrogen-bond donors (Lipinski definition) is 1. The molecule has 0 bridgehead atoms. The van der Waals surface area contributed by atoms with Crippen LogP contribution in [0.2, 0.25) is 0 Å². The van der Waals surface area contributed by atoms with Crippen molar-refractivity contribution in [1.29, 1.82) is 0 Å². The fourth-order valence-corrected chi connectivity index (χ4v) is 2.83. The fraction of sp³-hybridized carbons (Fsp3) is 0.571. The molecule has 0 radical (unpaired) electrons. The Morgan fingerprint density at radius 1 is 1.26 bits per heavy atom. The van der Waals surface area contributed by atoms with Crippen LogP contribution in [-0.4, -0.2) is 19.3 Å². The summed E-state index contributed by atoms with van der Waals surface area (Å²) in [5, 5.41) is 7.77. The minimum Gasteiger partial charge on any atom is -0.350 e. The molecule has 2 aromatic rings. The summed E-state index contributed by atoms with van der Waals surface area (Å²) >= 11 is 0. The molecule has 1 fully saturated rings. The van der Waals surface area contributed by atoms with E-state index in [-0.39, 0.29) is 0 Å². The Morgan fingerprint density at radius 3 is 2.84 bits per heavy atom. The first-order valence-electron chi connectivity index (χ1n) is 7.08. The molecular weight excluding hydrogens is 238 g/mol. The molecule has 0 spiro atoms. The van der Waals surface area contributed by atoms with E-state index in [0.717, 1.165) is 18.2 Å². The highest BCUT2D eigenvalue weighted by Gasteiger charge is 2.17. The summed E-state index contributed by atoms with van der Waals surface area (Å²) in [5.41, 5.74) is 1.04. The van der Waals surface area contributed by atoms with Crippen molar-refractivity contribution in [2.75, 3.05) is 5.32 Å². The van der Waals surface area contributed by atoms with E-state index in [9.17, 15) is 0 Å². The zero-order valence-electron chi connectivity index (χ0n) is 11.4. The second-order valence-corrected chi connectivity index (χ2v) is 5.28. The van der Waals surface area contributed by atoms with E-state index in [2.05, 4.69) is 26.2 Å². The smallest absolute Gasteiger partial charge is 0.203 e. The normalized spacial score (nSPS) is 16.7. The van der Waals surface area contributed by atoms with Crippen LogP contribution in [0, 0.1) is 0 Å². The van der Waals surface area contributed by atoms with Gasteiger partial charge in [0.25, 0.3) is 0 Å². The lowest BCUT2D eigenvalue weighted by atomic mass is 9.95. The molecule has 1 aliphatic rings. The van der Waals surface area contributed by atoms with E-state index in [4.69, 9.17) is 0 Å². The predicted molar refractivity (Wildman–Crippen MR) is 74.9 cm³/mol. The van der Waals surface area contributed by atoms with E-state index < -0.39 is 0 Å². The van der Waals surface area contributed by atoms with Crippen molar-refractivity contribution >= 4 is 5.95 Å². The molecule has 0 aromatic carbocycles. The molecule has 102 valence electrons. The first-order valence-corrected chi connectivity index (χ1v) is 7.08. The lowest BCUT2D eigenvalue weighted by molar-refractivity contribution is 0.356. The van der Waals surface area contributed by atoms with Gasteiger partial charge in [0, 0.05) is 31.7 Å². The van der Waals surface area contributed by atoms with Crippen LogP contribution in [0.15, 0.2) is 24.7 Å². The van der Waals surface area contributed by atoms with Crippen LogP contribution in [0.3, 0.4) is 0 Å². The number of imidazole rings is 1. The molecule has 0 saturated heterocycles. The molecule has 1 N–H and O–H groups in total. The molecule has 0 amide bonds. The van der Waals surface area contributed by atoms with Crippen LogP contribution in [-0.2, 0) is 13.6 Å². The number of nitrogens with zero attached hydrogens (tertiary/aromatic N) is 4. The maximum atomic E-state index is 4.43. The van der Waals surface area contributed by atoms with Gasteiger partial charge in [-0.1, -0.05) is 19.3 Å². The van der Waals surface area contributed by atoms with E-state index >= 15 is 0 Å². The van der Waals surface area contributed by atoms with Gasteiger partial charge in [-0.05, 0) is 18.9 Å². The van der Waals surface area contributed by atoms with Crippen molar-refractivity contribution in [3.63, 3.8) is 0 Å². The fourth-order valence-electron chi connectivity index (χ4n) is 2.83. The number of aromatic nitrogens is 4. The van der Waals surface area contributed by atoms with Crippen LogP contribution in [0.4, 0.5) is 5.95 Å². The van der Waals surface area contributed by atoms with E-state index in [1.54, 1.807) is 0 Å². The number of anilines is 1. The summed E-state index contributed by atoms with van der Waals surface area (Å²) in [4.78, 5) is 4.43. The summed E-state index contributed by atoms with van der Waals surface area (Å²) in [6.07, 6.45) is 12.5. The van der Waals surface area contributed by atoms with E-state index in [0.29, 0.717) is 6.04 Å². The van der Waals surface area contributed by atoms with Crippen molar-refractivity contribution in [3.8, 4) is 0 Å². The molecule has 0 atom stereocenters. The van der Waals surface area contributed by atoms with Gasteiger partial charge in [0.1, 0.15) is 0 Å². The molecule has 0 unspecified atom stereocenters. The van der Waals surface area contributed by atoms with Crippen molar-refractivity contribution < 1.29 is 0 Å². The van der Waals surface area contributed by atoms with Crippen molar-refractivity contribution in [2.24, 2.45) is 7.05 Å². The summed E-state index contributed by atoms with van der Waals surface area (Å²) in [6, 6.07) is 2.64. The molecule has 19 heavy (non-hydrogen) atoms. The molecule has 1 saturated carbocycles. The van der Waals surface area contributed by atoms with Gasteiger partial charge in [-0.3, -0.25) is 4.68 Å². The maximum absolute atomic E-state index is 4.43. The number of hydrogen-bond acceptors (Lipinski definition) is 3. The first-order chi connectivity index (χ1) is 9.33. The highest BCUT2D eigenvalue weighted by Crippen LogP contribution is 2.30. The summed E-state index contributed by atoms with van der Waals surface area (Å²) in [5.74, 6) is 0.970. The Labute approximate surface area is 113 Å². The van der Waals surface area contributed by atoms with Crippen molar-refractivity contribution in [3.05, 3.63) is 30.4 Å². The van der Waals surface area contributed by atoms with Crippen LogP contribution in [0.25, 0.3) is 0 Å². The second kappa shape index (κ2) is 5.47. The molecule has 0 aliphatic heterocycles. The third kappa shape index (κ3) is 2.80. The van der Waals surface area contributed by atoms with Crippen LogP contribution in [0.5, 0.6) is 0 Å². The predicted octanol–water partition coefficient (Wildman–Crippen LogP) is 2.73. The second-order valence-electron chi connectivity index (χ2n) is 5.28. The number of aryl methyl sites for hydroxylation is 1. The van der Waals surface area contributed by atoms with Crippen LogP contribution >= 0.6 is 0 Å². The monoisotopic (exact) mass is 259 g/mol. The topological polar surface area (TPSA) is 47.7 Å². The van der Waals surface area contributed by atoms with Crippen molar-refractivity contribution in [1.82, 2.24) is 19.3 Å². The SMILES string of the molecule is Cn1ccc(CNc2nccn2C2CCCCC2)n1. The Morgan fingerprint density at radius 2 is 2.11 bits per heavy atom. The first kappa shape index (κ1) is 12.3. The van der Waals surface area contributed by atoms with Gasteiger partial charge in [-0.2, -0.15) is 5.10 Å². The molecule has 1 aliphatic carbocycles. The molecule has 2 aromatic heterocycles. The Balaban J connectivity index is 1.66. The van der Waals surface area contributed by atoms with Gasteiger partial charge in [-0.25, -0.2) is 4.98 Å². The van der Waals surface area contributed by atoms with Gasteiger partial charge in [0.2, 0.25) is 5.95 Å². The van der Waals surface area contributed by atoms with Gasteiger partial charge >= 0.3 is 0 Å².